The van der Waals surface area contributed by atoms with E-state index >= 15 is 0 Å². The van der Waals surface area contributed by atoms with Gasteiger partial charge < -0.3 is 14.7 Å². The third-order valence-electron chi connectivity index (χ3n) is 3.94. The molecule has 0 aliphatic carbocycles. The van der Waals surface area contributed by atoms with Gasteiger partial charge in [-0.1, -0.05) is 25.0 Å². The van der Waals surface area contributed by atoms with Gasteiger partial charge in [-0.2, -0.15) is 0 Å². The third-order valence-corrected chi connectivity index (χ3v) is 3.94. The number of aryl methyl sites for hydroxylation is 2. The van der Waals surface area contributed by atoms with Crippen molar-refractivity contribution >= 4 is 0 Å². The molecule has 1 aromatic rings. The van der Waals surface area contributed by atoms with E-state index in [0.29, 0.717) is 6.61 Å². The van der Waals surface area contributed by atoms with Crippen LogP contribution in [0.15, 0.2) is 18.2 Å². The van der Waals surface area contributed by atoms with Crippen LogP contribution < -0.4 is 4.74 Å². The molecule has 0 radical (unpaired) electrons. The van der Waals surface area contributed by atoms with Crippen molar-refractivity contribution in [3.8, 4) is 5.75 Å². The highest BCUT2D eigenvalue weighted by atomic mass is 16.5. The number of hydrogen-bond donors (Lipinski definition) is 1. The molecule has 1 N–H and O–H groups in total. The van der Waals surface area contributed by atoms with Crippen molar-refractivity contribution in [2.75, 3.05) is 26.2 Å². The third kappa shape index (κ3) is 4.80. The van der Waals surface area contributed by atoms with Gasteiger partial charge >= 0.3 is 0 Å². The second-order valence-electron chi connectivity index (χ2n) is 5.95. The summed E-state index contributed by atoms with van der Waals surface area (Å²) in [7, 11) is 0. The normalized spacial score (nSPS) is 18.6. The van der Waals surface area contributed by atoms with E-state index in [-0.39, 0.29) is 0 Å². The molecule has 1 aliphatic heterocycles. The molecule has 2 rings (SSSR count). The van der Waals surface area contributed by atoms with Crippen LogP contribution in [-0.2, 0) is 0 Å². The molecule has 0 aromatic heterocycles. The van der Waals surface area contributed by atoms with Gasteiger partial charge in [-0.3, -0.25) is 0 Å². The van der Waals surface area contributed by atoms with Crippen LogP contribution in [0.25, 0.3) is 0 Å². The Balaban J connectivity index is 1.79. The molecule has 1 atom stereocenters. The summed E-state index contributed by atoms with van der Waals surface area (Å²) < 4.78 is 5.78. The molecule has 1 aromatic carbocycles. The van der Waals surface area contributed by atoms with E-state index < -0.39 is 6.10 Å². The van der Waals surface area contributed by atoms with E-state index in [9.17, 15) is 5.11 Å². The minimum atomic E-state index is -0.409. The maximum Gasteiger partial charge on any atom is 0.122 e. The molecule has 0 saturated carbocycles. The Morgan fingerprint density at radius 3 is 2.55 bits per heavy atom. The summed E-state index contributed by atoms with van der Waals surface area (Å²) in [6, 6.07) is 6.18. The zero-order chi connectivity index (χ0) is 14.4. The summed E-state index contributed by atoms with van der Waals surface area (Å²) in [6.07, 6.45) is 4.75. The first-order valence-corrected chi connectivity index (χ1v) is 7.75. The van der Waals surface area contributed by atoms with Crippen molar-refractivity contribution < 1.29 is 9.84 Å². The first-order chi connectivity index (χ1) is 9.65. The number of hydrogen-bond acceptors (Lipinski definition) is 3. The second-order valence-corrected chi connectivity index (χ2v) is 5.95. The zero-order valence-corrected chi connectivity index (χ0v) is 12.8. The van der Waals surface area contributed by atoms with E-state index in [4.69, 9.17) is 4.74 Å². The average molecular weight is 277 g/mol. The number of aliphatic hydroxyl groups excluding tert-OH is 1. The summed E-state index contributed by atoms with van der Waals surface area (Å²) in [5.74, 6) is 0.889. The predicted octanol–water partition coefficient (Wildman–Crippen LogP) is 2.92. The first kappa shape index (κ1) is 15.3. The molecule has 0 unspecified atom stereocenters. The molecule has 112 valence electrons. The molecule has 3 nitrogen and oxygen atoms in total. The van der Waals surface area contributed by atoms with Gasteiger partial charge in [-0.15, -0.1) is 0 Å². The Morgan fingerprint density at radius 2 is 1.85 bits per heavy atom. The highest BCUT2D eigenvalue weighted by molar-refractivity contribution is 5.35. The molecule has 0 amide bonds. The average Bonchev–Trinajstić information content (AvgIpc) is 2.68. The van der Waals surface area contributed by atoms with Crippen LogP contribution in [-0.4, -0.2) is 42.4 Å². The lowest BCUT2D eigenvalue weighted by molar-refractivity contribution is 0.0691. The Morgan fingerprint density at radius 1 is 1.15 bits per heavy atom. The van der Waals surface area contributed by atoms with E-state index in [1.165, 1.54) is 31.2 Å². The number of nitrogens with zero attached hydrogens (tertiary/aromatic N) is 1. The van der Waals surface area contributed by atoms with Crippen LogP contribution in [0.2, 0.25) is 0 Å². The Kier molecular flexibility index (Phi) is 5.86. The molecule has 20 heavy (non-hydrogen) atoms. The fourth-order valence-corrected chi connectivity index (χ4v) is 2.72. The Labute approximate surface area is 122 Å². The SMILES string of the molecule is Cc1ccc(C)c(OC[C@@H](O)CN2CCCCCC2)c1. The van der Waals surface area contributed by atoms with Gasteiger partial charge in [0.25, 0.3) is 0 Å². The lowest BCUT2D eigenvalue weighted by Crippen LogP contribution is -2.36. The van der Waals surface area contributed by atoms with Crippen molar-refractivity contribution in [1.29, 1.82) is 0 Å². The molecule has 1 heterocycles. The molecule has 1 aliphatic rings. The summed E-state index contributed by atoms with van der Waals surface area (Å²) >= 11 is 0. The van der Waals surface area contributed by atoms with Gasteiger partial charge in [0.2, 0.25) is 0 Å². The van der Waals surface area contributed by atoms with Gasteiger partial charge in [0.05, 0.1) is 0 Å². The number of β-amino-alcohol motifs (C(OH)–C–C–N with tert-alkyl or cyclic N) is 1. The van der Waals surface area contributed by atoms with Crippen molar-refractivity contribution in [3.63, 3.8) is 0 Å². The summed E-state index contributed by atoms with van der Waals surface area (Å²) in [4.78, 5) is 2.37. The smallest absolute Gasteiger partial charge is 0.122 e. The second kappa shape index (κ2) is 7.65. The van der Waals surface area contributed by atoms with Gasteiger partial charge in [0, 0.05) is 6.54 Å². The number of aliphatic hydroxyl groups is 1. The Hall–Kier alpha value is -1.06. The Bertz CT molecular complexity index is 411. The predicted molar refractivity (Wildman–Crippen MR) is 82.3 cm³/mol. The van der Waals surface area contributed by atoms with Crippen molar-refractivity contribution in [2.24, 2.45) is 0 Å². The number of likely N-dealkylation sites (tertiary alicyclic amines) is 1. The van der Waals surface area contributed by atoms with Gasteiger partial charge in [0.1, 0.15) is 18.5 Å². The molecule has 1 fully saturated rings. The maximum absolute atomic E-state index is 10.1. The first-order valence-electron chi connectivity index (χ1n) is 7.75. The molecule has 0 spiro atoms. The lowest BCUT2D eigenvalue weighted by Gasteiger charge is -2.23. The minimum absolute atomic E-state index is 0.376. The fourth-order valence-electron chi connectivity index (χ4n) is 2.72. The van der Waals surface area contributed by atoms with Crippen molar-refractivity contribution in [2.45, 2.75) is 45.6 Å². The van der Waals surface area contributed by atoms with Crippen LogP contribution in [0.4, 0.5) is 0 Å². The van der Waals surface area contributed by atoms with E-state index in [1.54, 1.807) is 0 Å². The monoisotopic (exact) mass is 277 g/mol. The summed E-state index contributed by atoms with van der Waals surface area (Å²) in [5.41, 5.74) is 2.31. The molecular formula is C17H27NO2. The summed E-state index contributed by atoms with van der Waals surface area (Å²) in [6.45, 7) is 7.42. The van der Waals surface area contributed by atoms with Crippen LogP contribution in [0.3, 0.4) is 0 Å². The van der Waals surface area contributed by atoms with E-state index in [2.05, 4.69) is 24.0 Å². The fraction of sp³-hybridized carbons (Fsp3) is 0.647. The largest absolute Gasteiger partial charge is 0.491 e. The molecular weight excluding hydrogens is 250 g/mol. The zero-order valence-electron chi connectivity index (χ0n) is 12.8. The highest BCUT2D eigenvalue weighted by Crippen LogP contribution is 2.19. The highest BCUT2D eigenvalue weighted by Gasteiger charge is 2.14. The van der Waals surface area contributed by atoms with Crippen molar-refractivity contribution in [3.05, 3.63) is 29.3 Å². The van der Waals surface area contributed by atoms with Gasteiger partial charge in [-0.25, -0.2) is 0 Å². The van der Waals surface area contributed by atoms with E-state index in [1.807, 2.05) is 13.0 Å². The van der Waals surface area contributed by atoms with E-state index in [0.717, 1.165) is 30.9 Å². The number of rotatable bonds is 5. The van der Waals surface area contributed by atoms with Gasteiger partial charge in [0.15, 0.2) is 0 Å². The minimum Gasteiger partial charge on any atom is -0.491 e. The maximum atomic E-state index is 10.1. The summed E-state index contributed by atoms with van der Waals surface area (Å²) in [5, 5.41) is 10.1. The standard InChI is InChI=1S/C17H27NO2/c1-14-7-8-15(2)17(11-14)20-13-16(19)12-18-9-5-3-4-6-10-18/h7-8,11,16,19H,3-6,9-10,12-13H2,1-2H3/t16-/m0/s1. The molecule has 0 bridgehead atoms. The number of benzene rings is 1. The topological polar surface area (TPSA) is 32.7 Å². The molecule has 1 saturated heterocycles. The van der Waals surface area contributed by atoms with Crippen LogP contribution in [0, 0.1) is 13.8 Å². The molecule has 3 heteroatoms. The van der Waals surface area contributed by atoms with Crippen LogP contribution in [0.5, 0.6) is 5.75 Å². The quantitative estimate of drug-likeness (QED) is 0.898. The van der Waals surface area contributed by atoms with Crippen LogP contribution in [0.1, 0.15) is 36.8 Å². The van der Waals surface area contributed by atoms with Crippen molar-refractivity contribution in [1.82, 2.24) is 4.90 Å². The van der Waals surface area contributed by atoms with Gasteiger partial charge in [-0.05, 0) is 57.0 Å². The lowest BCUT2D eigenvalue weighted by atomic mass is 10.1. The number of ether oxygens (including phenoxy) is 1. The van der Waals surface area contributed by atoms with Crippen LogP contribution >= 0.6 is 0 Å².